The van der Waals surface area contributed by atoms with Crippen molar-refractivity contribution in [2.75, 3.05) is 20.3 Å². The maximum Gasteiger partial charge on any atom is 0.305 e. The molecule has 1 aliphatic heterocycles. The Hall–Kier alpha value is -2.15. The summed E-state index contributed by atoms with van der Waals surface area (Å²) >= 11 is 0. The van der Waals surface area contributed by atoms with Gasteiger partial charge in [-0.05, 0) is 25.0 Å². The maximum atomic E-state index is 13.4. The van der Waals surface area contributed by atoms with Gasteiger partial charge < -0.3 is 19.5 Å². The van der Waals surface area contributed by atoms with Crippen LogP contribution in [0.1, 0.15) is 25.7 Å². The molecule has 24 heavy (non-hydrogen) atoms. The summed E-state index contributed by atoms with van der Waals surface area (Å²) in [7, 11) is 1.55. The molecule has 7 heteroatoms. The molecule has 6 nitrogen and oxygen atoms in total. The molecule has 1 N–H and O–H groups in total. The van der Waals surface area contributed by atoms with Gasteiger partial charge in [-0.2, -0.15) is 0 Å². The first kappa shape index (κ1) is 18.2. The number of aliphatic carboxylic acids is 1. The van der Waals surface area contributed by atoms with Gasteiger partial charge in [-0.15, -0.1) is 0 Å². The largest absolute Gasteiger partial charge is 0.491 e. The zero-order chi connectivity index (χ0) is 17.5. The lowest BCUT2D eigenvalue weighted by Gasteiger charge is -2.23. The number of nitrogens with zero attached hydrogens (tertiary/aromatic N) is 1. The number of methoxy groups -OCH3 is 1. The maximum absolute atomic E-state index is 13.4. The van der Waals surface area contributed by atoms with E-state index in [0.717, 1.165) is 0 Å². The second-order valence-corrected chi connectivity index (χ2v) is 5.77. The highest BCUT2D eigenvalue weighted by molar-refractivity contribution is 5.78. The third-order valence-corrected chi connectivity index (χ3v) is 4.07. The van der Waals surface area contributed by atoms with Gasteiger partial charge in [0.25, 0.3) is 0 Å². The van der Waals surface area contributed by atoms with Crippen LogP contribution in [-0.2, 0) is 14.3 Å². The number of likely N-dealkylation sites (tertiary alicyclic amines) is 1. The molecule has 1 aromatic carbocycles. The molecule has 2 rings (SSSR count). The van der Waals surface area contributed by atoms with Crippen LogP contribution < -0.4 is 4.74 Å². The number of hydrogen-bond acceptors (Lipinski definition) is 4. The molecule has 1 amide bonds. The van der Waals surface area contributed by atoms with E-state index in [1.165, 1.54) is 12.1 Å². The molecule has 0 saturated carbocycles. The minimum absolute atomic E-state index is 0.0860. The molecule has 0 bridgehead atoms. The molecule has 1 aromatic rings. The van der Waals surface area contributed by atoms with Crippen LogP contribution in [0.5, 0.6) is 5.75 Å². The Balaban J connectivity index is 1.80. The zero-order valence-electron chi connectivity index (χ0n) is 13.6. The molecule has 1 saturated heterocycles. The number of carbonyl (C=O) groups excluding carboxylic acids is 1. The van der Waals surface area contributed by atoms with E-state index in [1.807, 2.05) is 0 Å². The number of ether oxygens (including phenoxy) is 2. The van der Waals surface area contributed by atoms with Crippen molar-refractivity contribution in [3.63, 3.8) is 0 Å². The van der Waals surface area contributed by atoms with Gasteiger partial charge in [0.1, 0.15) is 0 Å². The van der Waals surface area contributed by atoms with E-state index >= 15 is 0 Å². The quantitative estimate of drug-likeness (QED) is 0.734. The fraction of sp³-hybridized carbons (Fsp3) is 0.529. The Kier molecular flexibility index (Phi) is 6.54. The highest BCUT2D eigenvalue weighted by atomic mass is 19.1. The molecule has 0 aromatic heterocycles. The van der Waals surface area contributed by atoms with Crippen molar-refractivity contribution < 1.29 is 28.6 Å². The van der Waals surface area contributed by atoms with Crippen LogP contribution >= 0.6 is 0 Å². The first-order valence-corrected chi connectivity index (χ1v) is 7.92. The van der Waals surface area contributed by atoms with E-state index in [4.69, 9.17) is 14.6 Å². The SMILES string of the molecule is COC1CC(CC(=O)O)N(C(=O)CCCOc2ccccc2F)C1. The van der Waals surface area contributed by atoms with E-state index in [1.54, 1.807) is 24.1 Å². The molecule has 2 atom stereocenters. The summed E-state index contributed by atoms with van der Waals surface area (Å²) in [5.41, 5.74) is 0. The van der Waals surface area contributed by atoms with E-state index in [-0.39, 0.29) is 43.3 Å². The first-order valence-electron chi connectivity index (χ1n) is 7.92. The number of carbonyl (C=O) groups is 2. The van der Waals surface area contributed by atoms with Crippen LogP contribution in [0, 0.1) is 5.82 Å². The van der Waals surface area contributed by atoms with Crippen molar-refractivity contribution in [2.45, 2.75) is 37.8 Å². The van der Waals surface area contributed by atoms with Crippen LogP contribution in [0.4, 0.5) is 4.39 Å². The fourth-order valence-electron chi connectivity index (χ4n) is 2.86. The highest BCUT2D eigenvalue weighted by Gasteiger charge is 2.36. The predicted octanol–water partition coefficient (Wildman–Crippen LogP) is 2.08. The number of para-hydroxylation sites is 1. The van der Waals surface area contributed by atoms with E-state index in [2.05, 4.69) is 0 Å². The van der Waals surface area contributed by atoms with E-state index in [0.29, 0.717) is 19.4 Å². The third kappa shape index (κ3) is 4.92. The minimum Gasteiger partial charge on any atom is -0.491 e. The van der Waals surface area contributed by atoms with E-state index < -0.39 is 11.8 Å². The summed E-state index contributed by atoms with van der Waals surface area (Å²) < 4.78 is 24.0. The fourth-order valence-corrected chi connectivity index (χ4v) is 2.86. The molecular formula is C17H22FNO5. The minimum atomic E-state index is -0.933. The van der Waals surface area contributed by atoms with Gasteiger partial charge in [0, 0.05) is 26.1 Å². The monoisotopic (exact) mass is 339 g/mol. The topological polar surface area (TPSA) is 76.1 Å². The van der Waals surface area contributed by atoms with Crippen molar-refractivity contribution >= 4 is 11.9 Å². The van der Waals surface area contributed by atoms with Gasteiger partial charge in [-0.1, -0.05) is 12.1 Å². The molecule has 0 aliphatic carbocycles. The lowest BCUT2D eigenvalue weighted by Crippen LogP contribution is -2.37. The number of rotatable bonds is 8. The van der Waals surface area contributed by atoms with Crippen molar-refractivity contribution in [3.8, 4) is 5.75 Å². The van der Waals surface area contributed by atoms with Gasteiger partial charge in [-0.3, -0.25) is 9.59 Å². The summed E-state index contributed by atoms with van der Waals surface area (Å²) in [4.78, 5) is 24.8. The molecule has 132 valence electrons. The summed E-state index contributed by atoms with van der Waals surface area (Å²) in [6.07, 6.45) is 0.965. The number of hydrogen-bond donors (Lipinski definition) is 1. The summed E-state index contributed by atoms with van der Waals surface area (Å²) in [5, 5.41) is 8.96. The van der Waals surface area contributed by atoms with Crippen LogP contribution in [0.25, 0.3) is 0 Å². The average Bonchev–Trinajstić information content (AvgIpc) is 2.95. The number of carboxylic acid groups (broad SMARTS) is 1. The number of halogens is 1. The van der Waals surface area contributed by atoms with Crippen molar-refractivity contribution in [2.24, 2.45) is 0 Å². The Morgan fingerprint density at radius 1 is 1.38 bits per heavy atom. The smallest absolute Gasteiger partial charge is 0.305 e. The molecule has 0 radical (unpaired) electrons. The Morgan fingerprint density at radius 2 is 2.12 bits per heavy atom. The standard InChI is InChI=1S/C17H22FNO5/c1-23-13-9-12(10-17(21)22)19(11-13)16(20)7-4-8-24-15-6-3-2-5-14(15)18/h2-3,5-6,12-13H,4,7-11H2,1H3,(H,21,22). The van der Waals surface area contributed by atoms with Crippen molar-refractivity contribution in [1.82, 2.24) is 4.90 Å². The number of carboxylic acids is 1. The van der Waals surface area contributed by atoms with E-state index in [9.17, 15) is 14.0 Å². The Bertz CT molecular complexity index is 580. The third-order valence-electron chi connectivity index (χ3n) is 4.07. The second-order valence-electron chi connectivity index (χ2n) is 5.77. The Morgan fingerprint density at radius 3 is 2.79 bits per heavy atom. The first-order chi connectivity index (χ1) is 11.5. The molecule has 2 unspecified atom stereocenters. The van der Waals surface area contributed by atoms with Gasteiger partial charge >= 0.3 is 5.97 Å². The summed E-state index contributed by atoms with van der Waals surface area (Å²) in [6, 6.07) is 5.76. The van der Waals surface area contributed by atoms with Crippen molar-refractivity contribution in [3.05, 3.63) is 30.1 Å². The summed E-state index contributed by atoms with van der Waals surface area (Å²) in [5.74, 6) is -1.34. The Labute approximate surface area is 140 Å². The van der Waals surface area contributed by atoms with Crippen LogP contribution in [0.2, 0.25) is 0 Å². The lowest BCUT2D eigenvalue weighted by atomic mass is 10.1. The molecular weight excluding hydrogens is 317 g/mol. The van der Waals surface area contributed by atoms with Gasteiger partial charge in [0.05, 0.1) is 19.1 Å². The van der Waals surface area contributed by atoms with Crippen LogP contribution in [0.3, 0.4) is 0 Å². The lowest BCUT2D eigenvalue weighted by molar-refractivity contribution is -0.140. The average molecular weight is 339 g/mol. The molecule has 0 spiro atoms. The number of amides is 1. The number of benzene rings is 1. The normalized spacial score (nSPS) is 20.2. The molecule has 1 fully saturated rings. The second kappa shape index (κ2) is 8.63. The predicted molar refractivity (Wildman–Crippen MR) is 84.3 cm³/mol. The highest BCUT2D eigenvalue weighted by Crippen LogP contribution is 2.24. The zero-order valence-corrected chi connectivity index (χ0v) is 13.6. The van der Waals surface area contributed by atoms with Crippen molar-refractivity contribution in [1.29, 1.82) is 0 Å². The van der Waals surface area contributed by atoms with Gasteiger partial charge in [0.2, 0.25) is 5.91 Å². The van der Waals surface area contributed by atoms with Crippen LogP contribution in [-0.4, -0.2) is 54.3 Å². The van der Waals surface area contributed by atoms with Gasteiger partial charge in [-0.25, -0.2) is 4.39 Å². The summed E-state index contributed by atoms with van der Waals surface area (Å²) in [6.45, 7) is 0.624. The molecule has 1 aliphatic rings. The molecule has 1 heterocycles. The van der Waals surface area contributed by atoms with Crippen LogP contribution in [0.15, 0.2) is 24.3 Å². The van der Waals surface area contributed by atoms with Gasteiger partial charge in [0.15, 0.2) is 11.6 Å².